The molecule has 0 radical (unpaired) electrons. The van der Waals surface area contributed by atoms with Crippen LogP contribution in [0.15, 0.2) is 24.3 Å². The number of para-hydroxylation sites is 1. The van der Waals surface area contributed by atoms with Crippen LogP contribution in [-0.4, -0.2) is 22.1 Å². The van der Waals surface area contributed by atoms with Gasteiger partial charge in [-0.05, 0) is 18.4 Å². The predicted octanol–water partition coefficient (Wildman–Crippen LogP) is 2.31. The quantitative estimate of drug-likeness (QED) is 0.878. The van der Waals surface area contributed by atoms with Crippen LogP contribution in [0, 0.1) is 11.8 Å². The predicted molar refractivity (Wildman–Crippen MR) is 81.4 cm³/mol. The molecule has 2 rings (SSSR count). The van der Waals surface area contributed by atoms with Gasteiger partial charge in [-0.2, -0.15) is 5.10 Å². The Morgan fingerprint density at radius 1 is 1.35 bits per heavy atom. The fourth-order valence-corrected chi connectivity index (χ4v) is 2.66. The number of nitrogens with two attached hydrogens (primary N) is 1. The molecular weight excluding hydrogens is 250 g/mol. The van der Waals surface area contributed by atoms with E-state index in [0.717, 1.165) is 23.0 Å². The van der Waals surface area contributed by atoms with Gasteiger partial charge in [0.25, 0.3) is 0 Å². The summed E-state index contributed by atoms with van der Waals surface area (Å²) in [4.78, 5) is 12.4. The van der Waals surface area contributed by atoms with Gasteiger partial charge in [0.15, 0.2) is 0 Å². The number of aromatic nitrogens is 2. The minimum atomic E-state index is -0.0595. The van der Waals surface area contributed by atoms with E-state index in [1.807, 2.05) is 36.0 Å². The number of aryl methyl sites for hydroxylation is 1. The summed E-state index contributed by atoms with van der Waals surface area (Å²) >= 11 is 0. The molecule has 1 aromatic carbocycles. The number of carbonyl (C=O) groups excluding carboxylic acids is 1. The molecule has 1 atom stereocenters. The van der Waals surface area contributed by atoms with Gasteiger partial charge in [-0.3, -0.25) is 9.48 Å². The smallest absolute Gasteiger partial charge is 0.143 e. The molecule has 0 aliphatic heterocycles. The van der Waals surface area contributed by atoms with Crippen molar-refractivity contribution in [3.8, 4) is 0 Å². The molecule has 0 saturated carbocycles. The number of rotatable bonds is 6. The van der Waals surface area contributed by atoms with Crippen LogP contribution in [0.1, 0.15) is 26.0 Å². The standard InChI is InChI=1S/C16H23N3O/c1-11(2)8-12(10-17)16(20)9-14-13-6-4-5-7-15(13)19(3)18-14/h4-7,11-12H,8-10,17H2,1-3H3. The summed E-state index contributed by atoms with van der Waals surface area (Å²) in [5, 5.41) is 5.54. The van der Waals surface area contributed by atoms with E-state index in [0.29, 0.717) is 18.9 Å². The van der Waals surface area contributed by atoms with Gasteiger partial charge in [-0.1, -0.05) is 32.0 Å². The van der Waals surface area contributed by atoms with Gasteiger partial charge in [-0.25, -0.2) is 0 Å². The average Bonchev–Trinajstić information content (AvgIpc) is 2.73. The molecule has 4 heteroatoms. The Labute approximate surface area is 120 Å². The highest BCUT2D eigenvalue weighted by Crippen LogP contribution is 2.20. The molecule has 0 aliphatic rings. The molecule has 0 fully saturated rings. The molecule has 0 aliphatic carbocycles. The molecule has 2 N–H and O–H groups in total. The lowest BCUT2D eigenvalue weighted by Gasteiger charge is -2.15. The number of benzene rings is 1. The molecule has 0 saturated heterocycles. The number of ketones is 1. The first-order valence-corrected chi connectivity index (χ1v) is 7.16. The zero-order valence-corrected chi connectivity index (χ0v) is 12.5. The van der Waals surface area contributed by atoms with Crippen LogP contribution < -0.4 is 5.73 Å². The first-order chi connectivity index (χ1) is 9.52. The summed E-state index contributed by atoms with van der Waals surface area (Å²) in [5.41, 5.74) is 7.66. The first-order valence-electron chi connectivity index (χ1n) is 7.16. The van der Waals surface area contributed by atoms with Crippen molar-refractivity contribution in [2.45, 2.75) is 26.7 Å². The van der Waals surface area contributed by atoms with E-state index in [9.17, 15) is 4.79 Å². The van der Waals surface area contributed by atoms with Gasteiger partial charge in [0.05, 0.1) is 17.6 Å². The number of Topliss-reactive ketones (excluding diaryl/α,β-unsaturated/α-hetero) is 1. The van der Waals surface area contributed by atoms with E-state index in [1.54, 1.807) is 0 Å². The monoisotopic (exact) mass is 273 g/mol. The second kappa shape index (κ2) is 6.18. The normalized spacial score (nSPS) is 13.1. The van der Waals surface area contributed by atoms with Crippen LogP contribution >= 0.6 is 0 Å². The molecule has 4 nitrogen and oxygen atoms in total. The van der Waals surface area contributed by atoms with Crippen molar-refractivity contribution in [3.63, 3.8) is 0 Å². The number of hydrogen-bond donors (Lipinski definition) is 1. The van der Waals surface area contributed by atoms with Crippen molar-refractivity contribution < 1.29 is 4.79 Å². The Hall–Kier alpha value is -1.68. The van der Waals surface area contributed by atoms with Gasteiger partial charge in [-0.15, -0.1) is 0 Å². The molecule has 1 aromatic heterocycles. The average molecular weight is 273 g/mol. The van der Waals surface area contributed by atoms with Gasteiger partial charge in [0, 0.05) is 24.9 Å². The van der Waals surface area contributed by atoms with Crippen molar-refractivity contribution >= 4 is 16.7 Å². The van der Waals surface area contributed by atoms with Crippen LogP contribution in [0.5, 0.6) is 0 Å². The fourth-order valence-electron chi connectivity index (χ4n) is 2.66. The molecule has 20 heavy (non-hydrogen) atoms. The molecule has 1 heterocycles. The highest BCUT2D eigenvalue weighted by molar-refractivity contribution is 5.89. The van der Waals surface area contributed by atoms with Crippen molar-refractivity contribution in [1.82, 2.24) is 9.78 Å². The summed E-state index contributed by atoms with van der Waals surface area (Å²) in [6.07, 6.45) is 1.22. The van der Waals surface area contributed by atoms with Crippen molar-refractivity contribution in [2.75, 3.05) is 6.54 Å². The lowest BCUT2D eigenvalue weighted by molar-refractivity contribution is -0.122. The largest absolute Gasteiger partial charge is 0.330 e. The number of hydrogen-bond acceptors (Lipinski definition) is 3. The topological polar surface area (TPSA) is 60.9 Å². The Balaban J connectivity index is 2.21. The summed E-state index contributed by atoms with van der Waals surface area (Å²) in [6, 6.07) is 8.00. The molecular formula is C16H23N3O. The maximum absolute atomic E-state index is 12.4. The number of fused-ring (bicyclic) bond motifs is 1. The zero-order chi connectivity index (χ0) is 14.7. The molecule has 2 aromatic rings. The van der Waals surface area contributed by atoms with E-state index in [2.05, 4.69) is 18.9 Å². The highest BCUT2D eigenvalue weighted by Gasteiger charge is 2.20. The second-order valence-electron chi connectivity index (χ2n) is 5.79. The maximum atomic E-state index is 12.4. The van der Waals surface area contributed by atoms with Crippen LogP contribution in [-0.2, 0) is 18.3 Å². The summed E-state index contributed by atoms with van der Waals surface area (Å²) in [7, 11) is 1.91. The molecule has 1 unspecified atom stereocenters. The fraction of sp³-hybridized carbons (Fsp3) is 0.500. The van der Waals surface area contributed by atoms with Gasteiger partial charge in [0.2, 0.25) is 0 Å². The van der Waals surface area contributed by atoms with E-state index in [4.69, 9.17) is 5.73 Å². The Morgan fingerprint density at radius 3 is 2.70 bits per heavy atom. The number of nitrogens with zero attached hydrogens (tertiary/aromatic N) is 2. The first kappa shape index (κ1) is 14.7. The molecule has 0 spiro atoms. The molecule has 0 amide bonds. The third-order valence-electron chi connectivity index (χ3n) is 3.67. The SMILES string of the molecule is CC(C)CC(CN)C(=O)Cc1nn(C)c2ccccc12. The Bertz CT molecular complexity index is 601. The number of carbonyl (C=O) groups is 1. The second-order valence-corrected chi connectivity index (χ2v) is 5.79. The minimum absolute atomic E-state index is 0.0595. The summed E-state index contributed by atoms with van der Waals surface area (Å²) in [5.74, 6) is 0.619. The lowest BCUT2D eigenvalue weighted by atomic mass is 9.91. The van der Waals surface area contributed by atoms with E-state index in [-0.39, 0.29) is 11.7 Å². The van der Waals surface area contributed by atoms with Gasteiger partial charge in [0.1, 0.15) is 5.78 Å². The highest BCUT2D eigenvalue weighted by atomic mass is 16.1. The molecule has 108 valence electrons. The maximum Gasteiger partial charge on any atom is 0.143 e. The Kier molecular flexibility index (Phi) is 4.55. The van der Waals surface area contributed by atoms with Crippen LogP contribution in [0.4, 0.5) is 0 Å². The van der Waals surface area contributed by atoms with Crippen molar-refractivity contribution in [3.05, 3.63) is 30.0 Å². The third-order valence-corrected chi connectivity index (χ3v) is 3.67. The Morgan fingerprint density at radius 2 is 2.05 bits per heavy atom. The van der Waals surface area contributed by atoms with E-state index in [1.165, 1.54) is 0 Å². The summed E-state index contributed by atoms with van der Waals surface area (Å²) < 4.78 is 1.83. The van der Waals surface area contributed by atoms with Crippen LogP contribution in [0.2, 0.25) is 0 Å². The van der Waals surface area contributed by atoms with Crippen molar-refractivity contribution in [1.29, 1.82) is 0 Å². The van der Waals surface area contributed by atoms with Crippen LogP contribution in [0.25, 0.3) is 10.9 Å². The van der Waals surface area contributed by atoms with E-state index >= 15 is 0 Å². The zero-order valence-electron chi connectivity index (χ0n) is 12.5. The van der Waals surface area contributed by atoms with Gasteiger partial charge >= 0.3 is 0 Å². The minimum Gasteiger partial charge on any atom is -0.330 e. The van der Waals surface area contributed by atoms with Gasteiger partial charge < -0.3 is 5.73 Å². The summed E-state index contributed by atoms with van der Waals surface area (Å²) in [6.45, 7) is 4.65. The van der Waals surface area contributed by atoms with Crippen LogP contribution in [0.3, 0.4) is 0 Å². The van der Waals surface area contributed by atoms with E-state index < -0.39 is 0 Å². The lowest BCUT2D eigenvalue weighted by Crippen LogP contribution is -2.26. The van der Waals surface area contributed by atoms with Crippen molar-refractivity contribution in [2.24, 2.45) is 24.6 Å². The third kappa shape index (κ3) is 3.07. The molecule has 0 bridgehead atoms.